The van der Waals surface area contributed by atoms with E-state index in [4.69, 9.17) is 4.74 Å². The molecule has 1 aliphatic heterocycles. The summed E-state index contributed by atoms with van der Waals surface area (Å²) in [5, 5.41) is 3.25. The largest absolute Gasteiger partial charge is 0.489 e. The molecule has 4 nitrogen and oxygen atoms in total. The topological polar surface area (TPSA) is 41.6 Å². The molecule has 1 unspecified atom stereocenters. The zero-order chi connectivity index (χ0) is 17.6. The number of piperidine rings is 1. The van der Waals surface area contributed by atoms with Crippen LogP contribution in [0.5, 0.6) is 5.75 Å². The summed E-state index contributed by atoms with van der Waals surface area (Å²) in [6, 6.07) is 13.9. The third-order valence-electron chi connectivity index (χ3n) is 4.49. The minimum Gasteiger partial charge on any atom is -0.489 e. The van der Waals surface area contributed by atoms with E-state index in [9.17, 15) is 9.18 Å². The summed E-state index contributed by atoms with van der Waals surface area (Å²) in [5.41, 5.74) is 1.55. The number of carbonyl (C=O) groups is 1. The van der Waals surface area contributed by atoms with Gasteiger partial charge in [0.25, 0.3) is 5.91 Å². The molecule has 6 heteroatoms. The maximum atomic E-state index is 13.2. The molecule has 1 fully saturated rings. The van der Waals surface area contributed by atoms with E-state index in [2.05, 4.69) is 5.32 Å². The van der Waals surface area contributed by atoms with Crippen LogP contribution in [0.1, 0.15) is 28.8 Å². The average molecular weight is 379 g/mol. The molecule has 1 saturated heterocycles. The molecule has 1 heterocycles. The lowest BCUT2D eigenvalue weighted by Crippen LogP contribution is -2.46. The van der Waals surface area contributed by atoms with Crippen molar-refractivity contribution in [2.24, 2.45) is 0 Å². The molecule has 26 heavy (non-hydrogen) atoms. The Bertz CT molecular complexity index is 741. The zero-order valence-electron chi connectivity index (χ0n) is 14.8. The van der Waals surface area contributed by atoms with Gasteiger partial charge in [-0.25, -0.2) is 4.39 Å². The summed E-state index contributed by atoms with van der Waals surface area (Å²) in [4.78, 5) is 14.6. The Balaban J connectivity index is 0.00000243. The maximum Gasteiger partial charge on any atom is 0.253 e. The SMILES string of the molecule is CNC1CCCN(C(=O)c2cccc(COc3cccc(F)c3)c2)C1.Cl. The van der Waals surface area contributed by atoms with Gasteiger partial charge in [-0.15, -0.1) is 12.4 Å². The van der Waals surface area contributed by atoms with E-state index in [0.29, 0.717) is 24.0 Å². The fourth-order valence-electron chi connectivity index (χ4n) is 3.10. The number of hydrogen-bond donors (Lipinski definition) is 1. The van der Waals surface area contributed by atoms with Crippen LogP contribution in [-0.4, -0.2) is 37.0 Å². The van der Waals surface area contributed by atoms with E-state index in [1.807, 2.05) is 36.2 Å². The Morgan fingerprint density at radius 2 is 2.08 bits per heavy atom. The van der Waals surface area contributed by atoms with Crippen LogP contribution in [0.2, 0.25) is 0 Å². The number of likely N-dealkylation sites (N-methyl/N-ethyl adjacent to an activating group) is 1. The molecule has 140 valence electrons. The molecule has 0 bridgehead atoms. The predicted molar refractivity (Wildman–Crippen MR) is 102 cm³/mol. The molecular weight excluding hydrogens is 355 g/mol. The van der Waals surface area contributed by atoms with Crippen LogP contribution in [-0.2, 0) is 6.61 Å². The predicted octanol–water partition coefficient (Wildman–Crippen LogP) is 3.65. The number of nitrogens with one attached hydrogen (secondary N) is 1. The van der Waals surface area contributed by atoms with E-state index >= 15 is 0 Å². The van der Waals surface area contributed by atoms with Crippen LogP contribution in [0.4, 0.5) is 4.39 Å². The molecule has 1 N–H and O–H groups in total. The van der Waals surface area contributed by atoms with E-state index in [0.717, 1.165) is 31.5 Å². The summed E-state index contributed by atoms with van der Waals surface area (Å²) in [6.07, 6.45) is 2.11. The van der Waals surface area contributed by atoms with Crippen molar-refractivity contribution in [1.29, 1.82) is 0 Å². The number of carbonyl (C=O) groups excluding carboxylic acids is 1. The molecule has 0 saturated carbocycles. The molecule has 1 atom stereocenters. The zero-order valence-corrected chi connectivity index (χ0v) is 15.6. The highest BCUT2D eigenvalue weighted by atomic mass is 35.5. The first kappa shape index (κ1) is 20.2. The molecule has 1 amide bonds. The van der Waals surface area contributed by atoms with Gasteiger partial charge < -0.3 is 15.0 Å². The highest BCUT2D eigenvalue weighted by molar-refractivity contribution is 5.94. The Hall–Kier alpha value is -2.11. The second-order valence-electron chi connectivity index (χ2n) is 6.33. The van der Waals surface area contributed by atoms with Crippen molar-refractivity contribution in [2.75, 3.05) is 20.1 Å². The second-order valence-corrected chi connectivity index (χ2v) is 6.33. The number of benzene rings is 2. The normalized spacial score (nSPS) is 16.7. The number of ether oxygens (including phenoxy) is 1. The van der Waals surface area contributed by atoms with Crippen molar-refractivity contribution in [3.8, 4) is 5.75 Å². The van der Waals surface area contributed by atoms with E-state index < -0.39 is 0 Å². The number of hydrogen-bond acceptors (Lipinski definition) is 3. The molecule has 2 aromatic rings. The minimum atomic E-state index is -0.328. The van der Waals surface area contributed by atoms with Crippen LogP contribution < -0.4 is 10.1 Å². The Kier molecular flexibility index (Phi) is 7.42. The van der Waals surface area contributed by atoms with Crippen molar-refractivity contribution >= 4 is 18.3 Å². The monoisotopic (exact) mass is 378 g/mol. The molecule has 0 aromatic heterocycles. The third-order valence-corrected chi connectivity index (χ3v) is 4.49. The van der Waals surface area contributed by atoms with Crippen LogP contribution in [0, 0.1) is 5.82 Å². The first-order valence-electron chi connectivity index (χ1n) is 8.59. The molecule has 0 radical (unpaired) electrons. The number of rotatable bonds is 5. The van der Waals surface area contributed by atoms with Crippen LogP contribution in [0.15, 0.2) is 48.5 Å². The average Bonchev–Trinajstić information content (AvgIpc) is 2.66. The van der Waals surface area contributed by atoms with Gasteiger partial charge in [0.15, 0.2) is 0 Å². The van der Waals surface area contributed by atoms with Gasteiger partial charge in [0.1, 0.15) is 18.2 Å². The highest BCUT2D eigenvalue weighted by Gasteiger charge is 2.23. The van der Waals surface area contributed by atoms with E-state index in [-0.39, 0.29) is 24.1 Å². The smallest absolute Gasteiger partial charge is 0.253 e. The van der Waals surface area contributed by atoms with E-state index in [1.165, 1.54) is 12.1 Å². The van der Waals surface area contributed by atoms with Gasteiger partial charge in [-0.3, -0.25) is 4.79 Å². The number of halogens is 2. The number of likely N-dealkylation sites (tertiary alicyclic amines) is 1. The highest BCUT2D eigenvalue weighted by Crippen LogP contribution is 2.17. The van der Waals surface area contributed by atoms with Crippen molar-refractivity contribution < 1.29 is 13.9 Å². The lowest BCUT2D eigenvalue weighted by molar-refractivity contribution is 0.0698. The molecular formula is C20H24ClFN2O2. The van der Waals surface area contributed by atoms with Crippen molar-refractivity contribution in [2.45, 2.75) is 25.5 Å². The summed E-state index contributed by atoms with van der Waals surface area (Å²) in [5.74, 6) is 0.197. The Morgan fingerprint density at radius 3 is 2.85 bits per heavy atom. The van der Waals surface area contributed by atoms with Gasteiger partial charge in [0.2, 0.25) is 0 Å². The summed E-state index contributed by atoms with van der Waals surface area (Å²) < 4.78 is 18.8. The molecule has 3 rings (SSSR count). The molecule has 0 spiro atoms. The van der Waals surface area contributed by atoms with Gasteiger partial charge in [-0.2, -0.15) is 0 Å². The van der Waals surface area contributed by atoms with Gasteiger partial charge in [0.05, 0.1) is 0 Å². The van der Waals surface area contributed by atoms with Crippen molar-refractivity contribution in [1.82, 2.24) is 10.2 Å². The van der Waals surface area contributed by atoms with Crippen LogP contribution in [0.3, 0.4) is 0 Å². The number of amides is 1. The number of nitrogens with zero attached hydrogens (tertiary/aromatic N) is 1. The fraction of sp³-hybridized carbons (Fsp3) is 0.350. The lowest BCUT2D eigenvalue weighted by Gasteiger charge is -2.32. The Labute approximate surface area is 159 Å². The third kappa shape index (κ3) is 5.19. The quantitative estimate of drug-likeness (QED) is 0.863. The standard InChI is InChI=1S/C20H23FN2O2.ClH/c1-22-18-8-4-10-23(13-18)20(24)16-6-2-5-15(11-16)14-25-19-9-3-7-17(21)12-19;/h2-3,5-7,9,11-12,18,22H,4,8,10,13-14H2,1H3;1H. The van der Waals surface area contributed by atoms with Gasteiger partial charge in [-0.1, -0.05) is 18.2 Å². The van der Waals surface area contributed by atoms with Crippen LogP contribution in [0.25, 0.3) is 0 Å². The van der Waals surface area contributed by atoms with E-state index in [1.54, 1.807) is 12.1 Å². The summed E-state index contributed by atoms with van der Waals surface area (Å²) >= 11 is 0. The Morgan fingerprint density at radius 1 is 1.27 bits per heavy atom. The second kappa shape index (κ2) is 9.55. The van der Waals surface area contributed by atoms with Crippen molar-refractivity contribution in [3.63, 3.8) is 0 Å². The molecule has 1 aliphatic rings. The van der Waals surface area contributed by atoms with Crippen molar-refractivity contribution in [3.05, 3.63) is 65.5 Å². The first-order valence-corrected chi connectivity index (χ1v) is 8.59. The van der Waals surface area contributed by atoms with Gasteiger partial charge >= 0.3 is 0 Å². The molecule has 2 aromatic carbocycles. The van der Waals surface area contributed by atoms with Gasteiger partial charge in [-0.05, 0) is 49.7 Å². The summed E-state index contributed by atoms with van der Waals surface area (Å²) in [7, 11) is 1.93. The fourth-order valence-corrected chi connectivity index (χ4v) is 3.10. The maximum absolute atomic E-state index is 13.2. The minimum absolute atomic E-state index is 0. The molecule has 0 aliphatic carbocycles. The first-order chi connectivity index (χ1) is 12.2. The summed E-state index contributed by atoms with van der Waals surface area (Å²) in [6.45, 7) is 1.82. The van der Waals surface area contributed by atoms with Gasteiger partial charge in [0, 0.05) is 30.8 Å². The van der Waals surface area contributed by atoms with Crippen LogP contribution >= 0.6 is 12.4 Å². The lowest BCUT2D eigenvalue weighted by atomic mass is 10.0.